The van der Waals surface area contributed by atoms with Crippen LogP contribution in [-0.4, -0.2) is 44.7 Å². The van der Waals surface area contributed by atoms with E-state index in [4.69, 9.17) is 0 Å². The lowest BCUT2D eigenvalue weighted by atomic mass is 10.0. The molecule has 1 saturated heterocycles. The number of imide groups is 1. The van der Waals surface area contributed by atoms with E-state index in [1.54, 1.807) is 12.3 Å². The Kier molecular flexibility index (Phi) is 5.04. The van der Waals surface area contributed by atoms with Crippen molar-refractivity contribution in [3.63, 3.8) is 0 Å². The quantitative estimate of drug-likeness (QED) is 0.610. The van der Waals surface area contributed by atoms with Gasteiger partial charge < -0.3 is 10.2 Å². The molecular weight excluding hydrogens is 412 g/mol. The summed E-state index contributed by atoms with van der Waals surface area (Å²) in [5, 5.41) is 7.68. The molecule has 10 nitrogen and oxygen atoms in total. The van der Waals surface area contributed by atoms with Gasteiger partial charge in [-0.25, -0.2) is 14.8 Å². The molecule has 3 aliphatic rings. The van der Waals surface area contributed by atoms with Gasteiger partial charge in [0.2, 0.25) is 17.8 Å². The minimum Gasteiger partial charge on any atom is -0.334 e. The van der Waals surface area contributed by atoms with Gasteiger partial charge in [0.1, 0.15) is 6.04 Å². The minimum absolute atomic E-state index is 0.215. The molecule has 10 heteroatoms. The molecule has 32 heavy (non-hydrogen) atoms. The van der Waals surface area contributed by atoms with Crippen molar-refractivity contribution in [2.45, 2.75) is 50.7 Å². The average molecular weight is 434 g/mol. The van der Waals surface area contributed by atoms with Gasteiger partial charge in [-0.3, -0.25) is 25.0 Å². The Balaban J connectivity index is 1.20. The first-order chi connectivity index (χ1) is 15.5. The lowest BCUT2D eigenvalue weighted by Crippen LogP contribution is -2.52. The van der Waals surface area contributed by atoms with E-state index in [-0.39, 0.29) is 30.7 Å². The van der Waals surface area contributed by atoms with E-state index in [9.17, 15) is 19.2 Å². The van der Waals surface area contributed by atoms with Crippen molar-refractivity contribution in [2.75, 3.05) is 5.32 Å². The number of carbonyl (C=O) groups is 4. The summed E-state index contributed by atoms with van der Waals surface area (Å²) in [6, 6.07) is 6.18. The van der Waals surface area contributed by atoms with Crippen LogP contribution in [0.5, 0.6) is 0 Å². The summed E-state index contributed by atoms with van der Waals surface area (Å²) >= 11 is 0. The fraction of sp³-hybridized carbons (Fsp3) is 0.364. The van der Waals surface area contributed by atoms with Crippen LogP contribution in [0.15, 0.2) is 30.5 Å². The largest absolute Gasteiger partial charge is 0.334 e. The van der Waals surface area contributed by atoms with E-state index in [1.165, 1.54) is 4.90 Å². The van der Waals surface area contributed by atoms with E-state index in [1.807, 2.05) is 18.2 Å². The number of fused-ring (bicyclic) bond motifs is 1. The molecule has 1 aliphatic carbocycles. The minimum atomic E-state index is -0.647. The Morgan fingerprint density at radius 1 is 1.16 bits per heavy atom. The SMILES string of the molecule is O=C1CCC(N2Cc3ccc(CNC(=O)Nc4nccc(C5CC5)n4)cc3C2=O)C(=O)N1. The smallest absolute Gasteiger partial charge is 0.321 e. The van der Waals surface area contributed by atoms with Crippen LogP contribution in [0.4, 0.5) is 10.7 Å². The number of aromatic nitrogens is 2. The van der Waals surface area contributed by atoms with Crippen molar-refractivity contribution < 1.29 is 19.2 Å². The molecule has 1 unspecified atom stereocenters. The highest BCUT2D eigenvalue weighted by Gasteiger charge is 2.39. The van der Waals surface area contributed by atoms with Gasteiger partial charge in [0.15, 0.2) is 0 Å². The second-order valence-corrected chi connectivity index (χ2v) is 8.28. The number of rotatable bonds is 5. The molecule has 0 bridgehead atoms. The van der Waals surface area contributed by atoms with E-state index in [0.717, 1.165) is 29.7 Å². The van der Waals surface area contributed by atoms with Crippen molar-refractivity contribution in [3.05, 3.63) is 52.8 Å². The number of urea groups is 1. The van der Waals surface area contributed by atoms with Crippen molar-refractivity contribution in [2.24, 2.45) is 0 Å². The first-order valence-electron chi connectivity index (χ1n) is 10.6. The highest BCUT2D eigenvalue weighted by molar-refractivity contribution is 6.05. The van der Waals surface area contributed by atoms with Gasteiger partial charge in [0, 0.05) is 42.9 Å². The molecule has 0 radical (unpaired) electrons. The highest BCUT2D eigenvalue weighted by atomic mass is 16.2. The maximum Gasteiger partial charge on any atom is 0.321 e. The number of nitrogens with one attached hydrogen (secondary N) is 3. The summed E-state index contributed by atoms with van der Waals surface area (Å²) in [7, 11) is 0. The Bertz CT molecular complexity index is 1130. The normalized spacial score (nSPS) is 20.1. The number of hydrogen-bond acceptors (Lipinski definition) is 6. The summed E-state index contributed by atoms with van der Waals surface area (Å²) in [5.41, 5.74) is 3.02. The molecule has 2 aliphatic heterocycles. The molecule has 2 fully saturated rings. The molecular formula is C22H22N6O4. The second-order valence-electron chi connectivity index (χ2n) is 8.28. The first-order valence-corrected chi connectivity index (χ1v) is 10.6. The average Bonchev–Trinajstić information content (AvgIpc) is 3.58. The zero-order valence-electron chi connectivity index (χ0n) is 17.3. The highest BCUT2D eigenvalue weighted by Crippen LogP contribution is 2.38. The molecule has 164 valence electrons. The number of amides is 5. The molecule has 3 heterocycles. The Labute approximate surface area is 183 Å². The zero-order chi connectivity index (χ0) is 22.2. The van der Waals surface area contributed by atoms with Crippen LogP contribution in [0.1, 0.15) is 58.8 Å². The van der Waals surface area contributed by atoms with Crippen LogP contribution in [0.25, 0.3) is 0 Å². The van der Waals surface area contributed by atoms with Gasteiger partial charge in [-0.05, 0) is 42.5 Å². The zero-order valence-corrected chi connectivity index (χ0v) is 17.3. The summed E-state index contributed by atoms with van der Waals surface area (Å²) < 4.78 is 0. The third-order valence-electron chi connectivity index (χ3n) is 5.94. The number of piperidine rings is 1. The molecule has 0 spiro atoms. The lowest BCUT2D eigenvalue weighted by Gasteiger charge is -2.29. The van der Waals surface area contributed by atoms with Crippen molar-refractivity contribution in [1.82, 2.24) is 25.5 Å². The number of nitrogens with zero attached hydrogens (tertiary/aromatic N) is 3. The number of benzene rings is 1. The summed E-state index contributed by atoms with van der Waals surface area (Å²) in [6.07, 6.45) is 4.40. The predicted molar refractivity (Wildman–Crippen MR) is 112 cm³/mol. The van der Waals surface area contributed by atoms with Crippen molar-refractivity contribution in [1.29, 1.82) is 0 Å². The van der Waals surface area contributed by atoms with Crippen LogP contribution in [0.3, 0.4) is 0 Å². The molecule has 5 amide bonds. The van der Waals surface area contributed by atoms with Crippen LogP contribution < -0.4 is 16.0 Å². The summed E-state index contributed by atoms with van der Waals surface area (Å²) in [5.74, 6) is -0.270. The third-order valence-corrected chi connectivity index (χ3v) is 5.94. The molecule has 3 N–H and O–H groups in total. The predicted octanol–water partition coefficient (Wildman–Crippen LogP) is 1.44. The second kappa shape index (κ2) is 8.03. The molecule has 1 aromatic heterocycles. The Morgan fingerprint density at radius 2 is 2.00 bits per heavy atom. The van der Waals surface area contributed by atoms with Crippen LogP contribution in [0, 0.1) is 0 Å². The lowest BCUT2D eigenvalue weighted by molar-refractivity contribution is -0.136. The topological polar surface area (TPSA) is 133 Å². The molecule has 1 saturated carbocycles. The van der Waals surface area contributed by atoms with E-state index in [0.29, 0.717) is 24.4 Å². The number of anilines is 1. The van der Waals surface area contributed by atoms with Gasteiger partial charge in [-0.1, -0.05) is 12.1 Å². The van der Waals surface area contributed by atoms with Crippen molar-refractivity contribution in [3.8, 4) is 0 Å². The fourth-order valence-electron chi connectivity index (χ4n) is 4.08. The molecule has 1 aromatic carbocycles. The standard InChI is InChI=1S/C22H22N6O4/c29-18-6-5-17(19(30)26-18)28-11-14-2-1-12(9-15(14)20(28)31)10-24-22(32)27-21-23-8-7-16(25-21)13-3-4-13/h1-2,7-9,13,17H,3-6,10-11H2,(H,26,29,30)(H2,23,24,25,27,32). The van der Waals surface area contributed by atoms with Gasteiger partial charge in [0.05, 0.1) is 0 Å². The molecule has 5 rings (SSSR count). The number of hydrogen-bond donors (Lipinski definition) is 3. The Hall–Kier alpha value is -3.82. The third kappa shape index (κ3) is 4.03. The summed E-state index contributed by atoms with van der Waals surface area (Å²) in [4.78, 5) is 58.6. The summed E-state index contributed by atoms with van der Waals surface area (Å²) in [6.45, 7) is 0.538. The molecule has 1 atom stereocenters. The van der Waals surface area contributed by atoms with E-state index >= 15 is 0 Å². The van der Waals surface area contributed by atoms with Crippen LogP contribution >= 0.6 is 0 Å². The Morgan fingerprint density at radius 3 is 2.78 bits per heavy atom. The van der Waals surface area contributed by atoms with E-state index < -0.39 is 18.0 Å². The van der Waals surface area contributed by atoms with Gasteiger partial charge in [-0.2, -0.15) is 0 Å². The number of carbonyl (C=O) groups excluding carboxylic acids is 4. The van der Waals surface area contributed by atoms with Gasteiger partial charge in [-0.15, -0.1) is 0 Å². The van der Waals surface area contributed by atoms with Crippen LogP contribution in [-0.2, 0) is 22.7 Å². The van der Waals surface area contributed by atoms with Gasteiger partial charge in [0.25, 0.3) is 5.91 Å². The first kappa shape index (κ1) is 20.1. The van der Waals surface area contributed by atoms with Crippen LogP contribution in [0.2, 0.25) is 0 Å². The van der Waals surface area contributed by atoms with Crippen molar-refractivity contribution >= 4 is 29.7 Å². The maximum atomic E-state index is 12.9. The fourth-order valence-corrected chi connectivity index (χ4v) is 4.08. The molecule has 2 aromatic rings. The maximum absolute atomic E-state index is 12.9. The van der Waals surface area contributed by atoms with Gasteiger partial charge >= 0.3 is 6.03 Å². The van der Waals surface area contributed by atoms with E-state index in [2.05, 4.69) is 25.9 Å². The monoisotopic (exact) mass is 434 g/mol.